The average molecular weight is 194 g/mol. The van der Waals surface area contributed by atoms with E-state index >= 15 is 0 Å². The lowest BCUT2D eigenvalue weighted by molar-refractivity contribution is -0.119. The Labute approximate surface area is 83.1 Å². The Bertz CT molecular complexity index is 319. The van der Waals surface area contributed by atoms with E-state index < -0.39 is 0 Å². The number of amides is 1. The van der Waals surface area contributed by atoms with E-state index in [4.69, 9.17) is 11.0 Å². The molecular formula is C9H14N4O. The first-order chi connectivity index (χ1) is 6.48. The van der Waals surface area contributed by atoms with Crippen molar-refractivity contribution in [2.45, 2.75) is 31.6 Å². The normalized spacial score (nSPS) is 40.1. The SMILES string of the molecule is CC(C)(N1CC1C#N)N1CC1C(N)=O. The minimum atomic E-state index is -0.270. The average Bonchev–Trinajstić information content (AvgIpc) is 2.98. The molecule has 0 saturated carbocycles. The van der Waals surface area contributed by atoms with Gasteiger partial charge in [-0.3, -0.25) is 14.6 Å². The topological polar surface area (TPSA) is 72.9 Å². The number of carbonyl (C=O) groups is 1. The summed E-state index contributed by atoms with van der Waals surface area (Å²) in [5.74, 6) is -0.270. The van der Waals surface area contributed by atoms with Gasteiger partial charge in [0.2, 0.25) is 5.91 Å². The molecular weight excluding hydrogens is 180 g/mol. The molecule has 0 bridgehead atoms. The van der Waals surface area contributed by atoms with Gasteiger partial charge in [-0.2, -0.15) is 5.26 Å². The highest BCUT2D eigenvalue weighted by Gasteiger charge is 2.56. The molecule has 2 heterocycles. The van der Waals surface area contributed by atoms with Crippen molar-refractivity contribution in [1.29, 1.82) is 5.26 Å². The van der Waals surface area contributed by atoms with E-state index in [0.29, 0.717) is 0 Å². The van der Waals surface area contributed by atoms with Crippen molar-refractivity contribution in [3.63, 3.8) is 0 Å². The Hall–Kier alpha value is -1.12. The highest BCUT2D eigenvalue weighted by Crippen LogP contribution is 2.38. The monoisotopic (exact) mass is 194 g/mol. The van der Waals surface area contributed by atoms with Crippen LogP contribution in [0, 0.1) is 11.3 Å². The summed E-state index contributed by atoms with van der Waals surface area (Å²) in [6.45, 7) is 5.56. The lowest BCUT2D eigenvalue weighted by Gasteiger charge is -2.28. The molecule has 0 aromatic heterocycles. The maximum atomic E-state index is 10.9. The van der Waals surface area contributed by atoms with Crippen LogP contribution >= 0.6 is 0 Å². The molecule has 0 aromatic rings. The second-order valence-electron chi connectivity index (χ2n) is 4.36. The molecule has 0 aromatic carbocycles. The van der Waals surface area contributed by atoms with Gasteiger partial charge in [0, 0.05) is 13.1 Å². The van der Waals surface area contributed by atoms with Gasteiger partial charge in [-0.05, 0) is 13.8 Å². The van der Waals surface area contributed by atoms with Gasteiger partial charge in [0.05, 0.1) is 11.7 Å². The van der Waals surface area contributed by atoms with E-state index in [1.54, 1.807) is 0 Å². The molecule has 5 nitrogen and oxygen atoms in total. The number of primary amides is 1. The van der Waals surface area contributed by atoms with Crippen LogP contribution in [0.3, 0.4) is 0 Å². The summed E-state index contributed by atoms with van der Waals surface area (Å²) >= 11 is 0. The Morgan fingerprint density at radius 1 is 1.50 bits per heavy atom. The largest absolute Gasteiger partial charge is 0.368 e. The molecule has 0 radical (unpaired) electrons. The fraction of sp³-hybridized carbons (Fsp3) is 0.778. The van der Waals surface area contributed by atoms with Crippen molar-refractivity contribution in [1.82, 2.24) is 9.80 Å². The van der Waals surface area contributed by atoms with Crippen molar-refractivity contribution in [3.05, 3.63) is 0 Å². The van der Waals surface area contributed by atoms with Gasteiger partial charge >= 0.3 is 0 Å². The summed E-state index contributed by atoms with van der Waals surface area (Å²) in [7, 11) is 0. The van der Waals surface area contributed by atoms with E-state index in [0.717, 1.165) is 13.1 Å². The molecule has 2 aliphatic heterocycles. The summed E-state index contributed by atoms with van der Waals surface area (Å²) in [5.41, 5.74) is 5.00. The third-order valence-corrected chi connectivity index (χ3v) is 3.11. The van der Waals surface area contributed by atoms with Gasteiger partial charge in [0.1, 0.15) is 12.1 Å². The Morgan fingerprint density at radius 3 is 2.50 bits per heavy atom. The molecule has 0 aliphatic carbocycles. The quantitative estimate of drug-likeness (QED) is 0.591. The molecule has 14 heavy (non-hydrogen) atoms. The molecule has 0 spiro atoms. The number of carbonyl (C=O) groups excluding carboxylic acids is 1. The maximum absolute atomic E-state index is 10.9. The summed E-state index contributed by atoms with van der Waals surface area (Å²) in [6.07, 6.45) is 0. The molecule has 2 saturated heterocycles. The lowest BCUT2D eigenvalue weighted by Crippen LogP contribution is -2.43. The Kier molecular flexibility index (Phi) is 1.81. The molecule has 4 atom stereocenters. The fourth-order valence-electron chi connectivity index (χ4n) is 2.01. The predicted molar refractivity (Wildman–Crippen MR) is 49.9 cm³/mol. The molecule has 1 amide bonds. The van der Waals surface area contributed by atoms with Crippen LogP contribution in [0.2, 0.25) is 0 Å². The summed E-state index contributed by atoms with van der Waals surface area (Å²) in [5, 5.41) is 8.72. The highest BCUT2D eigenvalue weighted by molar-refractivity contribution is 5.83. The van der Waals surface area contributed by atoms with Crippen molar-refractivity contribution >= 4 is 5.91 Å². The number of hydrogen-bond donors (Lipinski definition) is 1. The highest BCUT2D eigenvalue weighted by atomic mass is 16.1. The summed E-state index contributed by atoms with van der Waals surface area (Å²) in [6, 6.07) is 2.08. The van der Waals surface area contributed by atoms with Crippen molar-refractivity contribution in [2.24, 2.45) is 5.73 Å². The van der Waals surface area contributed by atoms with E-state index in [1.165, 1.54) is 0 Å². The van der Waals surface area contributed by atoms with E-state index in [1.807, 2.05) is 18.7 Å². The number of rotatable bonds is 3. The van der Waals surface area contributed by atoms with Crippen LogP contribution < -0.4 is 5.73 Å². The van der Waals surface area contributed by atoms with Crippen LogP contribution in [0.25, 0.3) is 0 Å². The maximum Gasteiger partial charge on any atom is 0.236 e. The third-order valence-electron chi connectivity index (χ3n) is 3.11. The molecule has 2 rings (SSSR count). The number of hydrogen-bond acceptors (Lipinski definition) is 4. The fourth-order valence-corrected chi connectivity index (χ4v) is 2.01. The standard InChI is InChI=1S/C9H14N4O/c1-9(2,12-4-6(12)3-10)13-5-7(13)8(11)14/h6-7H,4-5H2,1-2H3,(H2,11,14). The predicted octanol–water partition coefficient (Wildman–Crippen LogP) is -0.900. The van der Waals surface area contributed by atoms with Crippen molar-refractivity contribution < 1.29 is 4.79 Å². The van der Waals surface area contributed by atoms with E-state index in [-0.39, 0.29) is 23.7 Å². The van der Waals surface area contributed by atoms with Crippen molar-refractivity contribution in [2.75, 3.05) is 13.1 Å². The van der Waals surface area contributed by atoms with Gasteiger partial charge in [-0.1, -0.05) is 0 Å². The molecule has 76 valence electrons. The van der Waals surface area contributed by atoms with Gasteiger partial charge in [0.15, 0.2) is 0 Å². The zero-order valence-electron chi connectivity index (χ0n) is 8.40. The van der Waals surface area contributed by atoms with Gasteiger partial charge in [-0.15, -0.1) is 0 Å². The van der Waals surface area contributed by atoms with Crippen LogP contribution in [0.5, 0.6) is 0 Å². The smallest absolute Gasteiger partial charge is 0.236 e. The number of nitriles is 1. The zero-order chi connectivity index (χ0) is 10.5. The molecule has 4 unspecified atom stereocenters. The van der Waals surface area contributed by atoms with Gasteiger partial charge in [0.25, 0.3) is 0 Å². The van der Waals surface area contributed by atoms with E-state index in [2.05, 4.69) is 11.0 Å². The second-order valence-corrected chi connectivity index (χ2v) is 4.36. The molecule has 2 aliphatic rings. The summed E-state index contributed by atoms with van der Waals surface area (Å²) in [4.78, 5) is 15.0. The second kappa shape index (κ2) is 2.69. The van der Waals surface area contributed by atoms with Crippen LogP contribution in [0.15, 0.2) is 0 Å². The first-order valence-electron chi connectivity index (χ1n) is 4.71. The van der Waals surface area contributed by atoms with Gasteiger partial charge < -0.3 is 5.73 Å². The van der Waals surface area contributed by atoms with Crippen LogP contribution in [0.4, 0.5) is 0 Å². The Balaban J connectivity index is 1.99. The third kappa shape index (κ3) is 1.27. The Morgan fingerprint density at radius 2 is 2.14 bits per heavy atom. The molecule has 5 heteroatoms. The van der Waals surface area contributed by atoms with Crippen LogP contribution in [-0.4, -0.2) is 46.5 Å². The molecule has 2 fully saturated rings. The lowest BCUT2D eigenvalue weighted by atomic mass is 10.2. The number of nitrogens with two attached hydrogens (primary N) is 1. The molecule has 2 N–H and O–H groups in total. The first kappa shape index (κ1) is 9.44. The summed E-state index contributed by atoms with van der Waals surface area (Å²) < 4.78 is 0. The minimum absolute atomic E-state index is 0.0131. The van der Waals surface area contributed by atoms with Crippen LogP contribution in [0.1, 0.15) is 13.8 Å². The van der Waals surface area contributed by atoms with Crippen molar-refractivity contribution in [3.8, 4) is 6.07 Å². The first-order valence-corrected chi connectivity index (χ1v) is 4.71. The minimum Gasteiger partial charge on any atom is -0.368 e. The van der Waals surface area contributed by atoms with Crippen LogP contribution in [-0.2, 0) is 4.79 Å². The zero-order valence-corrected chi connectivity index (χ0v) is 8.40. The van der Waals surface area contributed by atoms with Gasteiger partial charge in [-0.25, -0.2) is 0 Å². The van der Waals surface area contributed by atoms with E-state index in [9.17, 15) is 4.79 Å². The number of nitrogens with zero attached hydrogens (tertiary/aromatic N) is 3.